The van der Waals surface area contributed by atoms with Gasteiger partial charge in [-0.3, -0.25) is 14.2 Å². The lowest BCUT2D eigenvalue weighted by molar-refractivity contribution is -0.118. The summed E-state index contributed by atoms with van der Waals surface area (Å²) in [5.41, 5.74) is 2.92. The number of aryl methyl sites for hydroxylation is 2. The average molecular weight is 431 g/mol. The van der Waals surface area contributed by atoms with Crippen molar-refractivity contribution in [3.05, 3.63) is 82.3 Å². The molecule has 0 atom stereocenters. The van der Waals surface area contributed by atoms with E-state index in [-0.39, 0.29) is 30.2 Å². The second-order valence-electron chi connectivity index (χ2n) is 7.91. The summed E-state index contributed by atoms with van der Waals surface area (Å²) < 4.78 is 16.3. The molecule has 7 nitrogen and oxygen atoms in total. The third kappa shape index (κ3) is 3.47. The van der Waals surface area contributed by atoms with Crippen LogP contribution in [0.1, 0.15) is 24.2 Å². The third-order valence-corrected chi connectivity index (χ3v) is 5.91. The van der Waals surface area contributed by atoms with Gasteiger partial charge in [-0.15, -0.1) is 0 Å². The van der Waals surface area contributed by atoms with Crippen molar-refractivity contribution in [3.8, 4) is 5.69 Å². The second kappa shape index (κ2) is 8.03. The zero-order valence-electron chi connectivity index (χ0n) is 17.7. The lowest BCUT2D eigenvalue weighted by Gasteiger charge is -2.29. The molecule has 2 aromatic heterocycles. The highest BCUT2D eigenvalue weighted by Crippen LogP contribution is 2.27. The summed E-state index contributed by atoms with van der Waals surface area (Å²) in [5.74, 6) is 0.140. The van der Waals surface area contributed by atoms with Crippen LogP contribution in [0.2, 0.25) is 0 Å². The maximum absolute atomic E-state index is 13.3. The van der Waals surface area contributed by atoms with E-state index in [1.807, 2.05) is 23.1 Å². The molecule has 1 aliphatic rings. The Hall–Kier alpha value is -3.81. The number of para-hydroxylation sites is 1. The standard InChI is InChI=1S/C24H22FN5O2/c1-16-27-23-20(15-26-30(23)19-10-8-18(25)9-11-19)24(32)28(16)14-12-22(31)29-13-4-6-17-5-2-3-7-21(17)29/h2-3,5,7-11,15H,4,6,12-14H2,1H3. The van der Waals surface area contributed by atoms with Crippen molar-refractivity contribution < 1.29 is 9.18 Å². The Labute approximate surface area is 183 Å². The number of hydrogen-bond acceptors (Lipinski definition) is 4. The number of carbonyl (C=O) groups excluding carboxylic acids is 1. The predicted octanol–water partition coefficient (Wildman–Crippen LogP) is 3.40. The van der Waals surface area contributed by atoms with Crippen LogP contribution in [0.5, 0.6) is 0 Å². The molecule has 0 radical (unpaired) electrons. The molecule has 2 aromatic carbocycles. The summed E-state index contributed by atoms with van der Waals surface area (Å²) in [4.78, 5) is 32.5. The van der Waals surface area contributed by atoms with Gasteiger partial charge in [0, 0.05) is 25.2 Å². The maximum Gasteiger partial charge on any atom is 0.264 e. The summed E-state index contributed by atoms with van der Waals surface area (Å²) in [7, 11) is 0. The number of benzene rings is 2. The molecule has 4 aromatic rings. The second-order valence-corrected chi connectivity index (χ2v) is 7.91. The van der Waals surface area contributed by atoms with Crippen LogP contribution >= 0.6 is 0 Å². The van der Waals surface area contributed by atoms with Crippen molar-refractivity contribution in [3.63, 3.8) is 0 Å². The van der Waals surface area contributed by atoms with Gasteiger partial charge in [-0.05, 0) is 55.7 Å². The summed E-state index contributed by atoms with van der Waals surface area (Å²) >= 11 is 0. The van der Waals surface area contributed by atoms with E-state index in [9.17, 15) is 14.0 Å². The van der Waals surface area contributed by atoms with Crippen molar-refractivity contribution in [1.29, 1.82) is 0 Å². The van der Waals surface area contributed by atoms with Crippen LogP contribution in [0, 0.1) is 12.7 Å². The number of amides is 1. The van der Waals surface area contributed by atoms with E-state index in [0.29, 0.717) is 29.1 Å². The average Bonchev–Trinajstić information content (AvgIpc) is 3.22. The van der Waals surface area contributed by atoms with Gasteiger partial charge in [-0.2, -0.15) is 5.10 Å². The Bertz CT molecular complexity index is 1370. The molecule has 3 heterocycles. The summed E-state index contributed by atoms with van der Waals surface area (Å²) in [6.45, 7) is 2.67. The smallest absolute Gasteiger partial charge is 0.264 e. The number of nitrogens with zero attached hydrogens (tertiary/aromatic N) is 5. The summed E-state index contributed by atoms with van der Waals surface area (Å²) in [6.07, 6.45) is 3.57. The Morgan fingerprint density at radius 1 is 1.12 bits per heavy atom. The number of anilines is 1. The zero-order valence-corrected chi connectivity index (χ0v) is 17.7. The van der Waals surface area contributed by atoms with E-state index in [2.05, 4.69) is 16.1 Å². The molecular weight excluding hydrogens is 409 g/mol. The minimum atomic E-state index is -0.349. The molecular formula is C24H22FN5O2. The number of hydrogen-bond donors (Lipinski definition) is 0. The Morgan fingerprint density at radius 3 is 2.72 bits per heavy atom. The highest BCUT2D eigenvalue weighted by atomic mass is 19.1. The first kappa shape index (κ1) is 20.1. The van der Waals surface area contributed by atoms with Crippen LogP contribution in [0.25, 0.3) is 16.7 Å². The first-order valence-electron chi connectivity index (χ1n) is 10.6. The first-order chi connectivity index (χ1) is 15.5. The molecule has 0 bridgehead atoms. The van der Waals surface area contributed by atoms with E-state index in [1.54, 1.807) is 19.1 Å². The molecule has 0 unspecified atom stereocenters. The van der Waals surface area contributed by atoms with Gasteiger partial charge in [0.15, 0.2) is 5.65 Å². The SMILES string of the molecule is Cc1nc2c(cnn2-c2ccc(F)cc2)c(=O)n1CCC(=O)N1CCCc2ccccc21. The largest absolute Gasteiger partial charge is 0.312 e. The van der Waals surface area contributed by atoms with Crippen LogP contribution in [-0.4, -0.2) is 31.8 Å². The van der Waals surface area contributed by atoms with Crippen molar-refractivity contribution in [2.75, 3.05) is 11.4 Å². The molecule has 5 rings (SSSR count). The minimum Gasteiger partial charge on any atom is -0.312 e. The highest BCUT2D eigenvalue weighted by molar-refractivity contribution is 5.94. The van der Waals surface area contributed by atoms with E-state index >= 15 is 0 Å². The van der Waals surface area contributed by atoms with Gasteiger partial charge in [0.05, 0.1) is 11.9 Å². The van der Waals surface area contributed by atoms with Gasteiger partial charge < -0.3 is 4.90 Å². The Morgan fingerprint density at radius 2 is 1.91 bits per heavy atom. The maximum atomic E-state index is 13.3. The van der Waals surface area contributed by atoms with Gasteiger partial charge in [0.1, 0.15) is 17.0 Å². The molecule has 0 saturated heterocycles. The Kier molecular flexibility index (Phi) is 5.05. The highest BCUT2D eigenvalue weighted by Gasteiger charge is 2.22. The number of fused-ring (bicyclic) bond motifs is 2. The quantitative estimate of drug-likeness (QED) is 0.497. The summed E-state index contributed by atoms with van der Waals surface area (Å²) in [6, 6.07) is 13.8. The molecule has 1 aliphatic heterocycles. The van der Waals surface area contributed by atoms with Crippen molar-refractivity contribution in [1.82, 2.24) is 19.3 Å². The van der Waals surface area contributed by atoms with Gasteiger partial charge in [-0.25, -0.2) is 14.1 Å². The fourth-order valence-electron chi connectivity index (χ4n) is 4.28. The van der Waals surface area contributed by atoms with Crippen LogP contribution in [0.3, 0.4) is 0 Å². The van der Waals surface area contributed by atoms with Crippen molar-refractivity contribution in [2.24, 2.45) is 0 Å². The number of aromatic nitrogens is 4. The van der Waals surface area contributed by atoms with Crippen molar-refractivity contribution in [2.45, 2.75) is 32.7 Å². The van der Waals surface area contributed by atoms with Gasteiger partial charge >= 0.3 is 0 Å². The normalized spacial score (nSPS) is 13.4. The lowest BCUT2D eigenvalue weighted by Crippen LogP contribution is -2.36. The number of carbonyl (C=O) groups is 1. The first-order valence-corrected chi connectivity index (χ1v) is 10.6. The molecule has 1 amide bonds. The van der Waals surface area contributed by atoms with E-state index in [0.717, 1.165) is 18.5 Å². The van der Waals surface area contributed by atoms with Crippen LogP contribution in [0.15, 0.2) is 59.5 Å². The fraction of sp³-hybridized carbons (Fsp3) is 0.250. The summed E-state index contributed by atoms with van der Waals surface area (Å²) in [5, 5.41) is 4.63. The number of rotatable bonds is 4. The monoisotopic (exact) mass is 431 g/mol. The molecule has 0 fully saturated rings. The van der Waals surface area contributed by atoms with Gasteiger partial charge in [0.2, 0.25) is 5.91 Å². The topological polar surface area (TPSA) is 73.0 Å². The molecule has 0 aliphatic carbocycles. The zero-order chi connectivity index (χ0) is 22.2. The number of halogens is 1. The molecule has 0 spiro atoms. The van der Waals surface area contributed by atoms with E-state index in [4.69, 9.17) is 0 Å². The predicted molar refractivity (Wildman–Crippen MR) is 120 cm³/mol. The fourth-order valence-corrected chi connectivity index (χ4v) is 4.28. The lowest BCUT2D eigenvalue weighted by atomic mass is 10.0. The van der Waals surface area contributed by atoms with E-state index in [1.165, 1.54) is 33.1 Å². The molecule has 8 heteroatoms. The molecule has 162 valence electrons. The van der Waals surface area contributed by atoms with Crippen LogP contribution in [-0.2, 0) is 17.8 Å². The van der Waals surface area contributed by atoms with Crippen LogP contribution < -0.4 is 10.5 Å². The molecule has 0 saturated carbocycles. The van der Waals surface area contributed by atoms with E-state index < -0.39 is 0 Å². The van der Waals surface area contributed by atoms with Crippen molar-refractivity contribution >= 4 is 22.6 Å². The Balaban J connectivity index is 1.41. The van der Waals surface area contributed by atoms with Gasteiger partial charge in [-0.1, -0.05) is 18.2 Å². The van der Waals surface area contributed by atoms with Crippen LogP contribution in [0.4, 0.5) is 10.1 Å². The van der Waals surface area contributed by atoms with Gasteiger partial charge in [0.25, 0.3) is 5.56 Å². The third-order valence-electron chi connectivity index (χ3n) is 5.91. The minimum absolute atomic E-state index is 0.00875. The molecule has 32 heavy (non-hydrogen) atoms. The molecule has 0 N–H and O–H groups in total.